The molecule has 3 rings (SSSR count). The van der Waals surface area contributed by atoms with Gasteiger partial charge in [0.05, 0.1) is 4.90 Å². The van der Waals surface area contributed by atoms with Gasteiger partial charge in [0, 0.05) is 35.9 Å². The number of nitrogens with one attached hydrogen (secondary N) is 3. The first-order valence-electron chi connectivity index (χ1n) is 13.2. The molecule has 0 aliphatic heterocycles. The van der Waals surface area contributed by atoms with Gasteiger partial charge in [-0.1, -0.05) is 62.4 Å². The first-order chi connectivity index (χ1) is 19.7. The number of amides is 3. The zero-order valence-electron chi connectivity index (χ0n) is 23.9. The van der Waals surface area contributed by atoms with E-state index in [2.05, 4.69) is 10.6 Å². The van der Waals surface area contributed by atoms with E-state index in [-0.39, 0.29) is 41.5 Å². The molecule has 0 aliphatic rings. The van der Waals surface area contributed by atoms with Gasteiger partial charge in [-0.2, -0.15) is 0 Å². The number of hydrogen-bond donors (Lipinski definition) is 4. The number of ether oxygens (including phenoxy) is 1. The molecule has 3 aromatic carbocycles. The minimum Gasteiger partial charge on any atom is -0.391 e. The van der Waals surface area contributed by atoms with Gasteiger partial charge in [0.25, 0.3) is 0 Å². The zero-order valence-corrected chi connectivity index (χ0v) is 24.7. The lowest BCUT2D eigenvalue weighted by Gasteiger charge is -2.24. The molecule has 3 aromatic rings. The Balaban J connectivity index is 1.80. The van der Waals surface area contributed by atoms with Crippen molar-refractivity contribution < 1.29 is 27.5 Å². The van der Waals surface area contributed by atoms with Gasteiger partial charge in [-0.05, 0) is 55.2 Å². The van der Waals surface area contributed by atoms with Crippen molar-refractivity contribution in [2.75, 3.05) is 11.9 Å². The van der Waals surface area contributed by atoms with Crippen LogP contribution in [0.5, 0.6) is 0 Å². The average Bonchev–Trinajstić information content (AvgIpc) is 2.91. The number of nitrogens with two attached hydrogens (primary N) is 1. The summed E-state index contributed by atoms with van der Waals surface area (Å²) in [5.41, 5.74) is 2.01. The summed E-state index contributed by atoms with van der Waals surface area (Å²) in [5, 5.41) is 18.6. The SMILES string of the molecule is CC(C)CN(Cc1cccc(C(=N)OC(=O)NC(C)C)c1)C(=O)C(=O)Nc1ccc(-c2ccccc2)c(S(N)(=O)=O)c1. The van der Waals surface area contributed by atoms with E-state index in [4.69, 9.17) is 15.3 Å². The van der Waals surface area contributed by atoms with Crippen LogP contribution in [-0.2, 0) is 30.9 Å². The highest BCUT2D eigenvalue weighted by atomic mass is 32.2. The Morgan fingerprint density at radius 2 is 1.64 bits per heavy atom. The number of carbonyl (C=O) groups is 3. The van der Waals surface area contributed by atoms with E-state index in [0.29, 0.717) is 22.3 Å². The van der Waals surface area contributed by atoms with E-state index in [1.807, 2.05) is 13.8 Å². The van der Waals surface area contributed by atoms with Gasteiger partial charge in [-0.3, -0.25) is 15.0 Å². The van der Waals surface area contributed by atoms with Crippen LogP contribution >= 0.6 is 0 Å². The molecule has 42 heavy (non-hydrogen) atoms. The molecule has 222 valence electrons. The van der Waals surface area contributed by atoms with Gasteiger partial charge in [-0.15, -0.1) is 0 Å². The van der Waals surface area contributed by atoms with Crippen LogP contribution in [-0.4, -0.2) is 49.7 Å². The molecule has 0 saturated heterocycles. The molecule has 11 nitrogen and oxygen atoms in total. The summed E-state index contributed by atoms with van der Waals surface area (Å²) >= 11 is 0. The van der Waals surface area contributed by atoms with E-state index in [0.717, 1.165) is 0 Å². The normalized spacial score (nSPS) is 11.2. The second kappa shape index (κ2) is 13.9. The van der Waals surface area contributed by atoms with Crippen molar-refractivity contribution in [3.05, 3.63) is 83.9 Å². The first-order valence-corrected chi connectivity index (χ1v) is 14.8. The maximum absolute atomic E-state index is 13.3. The number of hydrogen-bond acceptors (Lipinski definition) is 7. The third kappa shape index (κ3) is 8.98. The number of alkyl carbamates (subject to hydrolysis) is 1. The molecule has 0 atom stereocenters. The fraction of sp³-hybridized carbons (Fsp3) is 0.267. The number of sulfonamides is 1. The third-order valence-corrected chi connectivity index (χ3v) is 6.81. The lowest BCUT2D eigenvalue weighted by molar-refractivity contribution is -0.143. The highest BCUT2D eigenvalue weighted by Crippen LogP contribution is 2.29. The molecule has 0 unspecified atom stereocenters. The monoisotopic (exact) mass is 593 g/mol. The smallest absolute Gasteiger partial charge is 0.391 e. The first kappa shape index (κ1) is 32.0. The summed E-state index contributed by atoms with van der Waals surface area (Å²) in [4.78, 5) is 39.4. The molecule has 0 saturated carbocycles. The van der Waals surface area contributed by atoms with E-state index in [1.165, 1.54) is 23.1 Å². The van der Waals surface area contributed by atoms with Crippen molar-refractivity contribution in [1.82, 2.24) is 10.2 Å². The minimum absolute atomic E-state index is 0.0189. The van der Waals surface area contributed by atoms with Crippen LogP contribution in [0.4, 0.5) is 10.5 Å². The van der Waals surface area contributed by atoms with Crippen molar-refractivity contribution in [2.24, 2.45) is 11.1 Å². The summed E-state index contributed by atoms with van der Waals surface area (Å²) in [6, 6.07) is 19.4. The Kier molecular flexibility index (Phi) is 10.6. The Bertz CT molecular complexity index is 1570. The van der Waals surface area contributed by atoms with E-state index in [1.54, 1.807) is 68.4 Å². The average molecular weight is 594 g/mol. The van der Waals surface area contributed by atoms with Crippen LogP contribution in [0.1, 0.15) is 38.8 Å². The van der Waals surface area contributed by atoms with Crippen LogP contribution in [0, 0.1) is 11.3 Å². The highest BCUT2D eigenvalue weighted by Gasteiger charge is 2.25. The molecular weight excluding hydrogens is 558 g/mol. The standard InChI is InChI=1S/C30H35N5O6S/c1-19(2)17-35(18-21-9-8-12-23(15-21)27(31)41-30(38)33-20(3)4)29(37)28(36)34-24-13-14-25(22-10-6-5-7-11-22)26(16-24)42(32,39)40/h5-16,19-20,31H,17-18H2,1-4H3,(H,33,38)(H,34,36)(H2,32,39,40). The molecule has 3 amide bonds. The van der Waals surface area contributed by atoms with Gasteiger partial charge < -0.3 is 20.3 Å². The Hall–Kier alpha value is -4.55. The third-order valence-electron chi connectivity index (χ3n) is 5.86. The highest BCUT2D eigenvalue weighted by molar-refractivity contribution is 7.89. The molecule has 5 N–H and O–H groups in total. The molecular formula is C30H35N5O6S. The summed E-state index contributed by atoms with van der Waals surface area (Å²) in [5.74, 6) is -2.13. The van der Waals surface area contributed by atoms with Gasteiger partial charge in [0.2, 0.25) is 15.9 Å². The fourth-order valence-corrected chi connectivity index (χ4v) is 4.91. The predicted molar refractivity (Wildman–Crippen MR) is 160 cm³/mol. The van der Waals surface area contributed by atoms with Crippen molar-refractivity contribution in [1.29, 1.82) is 5.41 Å². The zero-order chi connectivity index (χ0) is 31.0. The van der Waals surface area contributed by atoms with Gasteiger partial charge in [-0.25, -0.2) is 18.4 Å². The number of benzene rings is 3. The summed E-state index contributed by atoms with van der Waals surface area (Å²) in [6.45, 7) is 7.61. The van der Waals surface area contributed by atoms with Crippen LogP contribution in [0.25, 0.3) is 11.1 Å². The lowest BCUT2D eigenvalue weighted by Crippen LogP contribution is -2.41. The minimum atomic E-state index is -4.16. The topological polar surface area (TPSA) is 172 Å². The van der Waals surface area contributed by atoms with Crippen LogP contribution < -0.4 is 15.8 Å². The molecule has 12 heteroatoms. The Morgan fingerprint density at radius 3 is 2.26 bits per heavy atom. The Labute approximate surface area is 245 Å². The lowest BCUT2D eigenvalue weighted by atomic mass is 10.1. The predicted octanol–water partition coefficient (Wildman–Crippen LogP) is 4.08. The van der Waals surface area contributed by atoms with Crippen molar-refractivity contribution >= 4 is 39.5 Å². The maximum atomic E-state index is 13.3. The number of primary sulfonamides is 1. The van der Waals surface area contributed by atoms with Crippen molar-refractivity contribution in [3.63, 3.8) is 0 Å². The summed E-state index contributed by atoms with van der Waals surface area (Å²) < 4.78 is 29.7. The summed E-state index contributed by atoms with van der Waals surface area (Å²) in [6.07, 6.45) is -0.754. The summed E-state index contributed by atoms with van der Waals surface area (Å²) in [7, 11) is -4.16. The second-order valence-electron chi connectivity index (χ2n) is 10.4. The van der Waals surface area contributed by atoms with Crippen molar-refractivity contribution in [3.8, 4) is 11.1 Å². The second-order valence-corrected chi connectivity index (χ2v) is 11.9. The van der Waals surface area contributed by atoms with Gasteiger partial charge in [0.1, 0.15) is 0 Å². The molecule has 0 spiro atoms. The van der Waals surface area contributed by atoms with E-state index >= 15 is 0 Å². The number of carbonyl (C=O) groups excluding carboxylic acids is 3. The van der Waals surface area contributed by atoms with E-state index in [9.17, 15) is 22.8 Å². The van der Waals surface area contributed by atoms with E-state index < -0.39 is 27.9 Å². The van der Waals surface area contributed by atoms with Gasteiger partial charge >= 0.3 is 17.9 Å². The van der Waals surface area contributed by atoms with Gasteiger partial charge in [0.15, 0.2) is 0 Å². The Morgan fingerprint density at radius 1 is 0.952 bits per heavy atom. The molecule has 0 bridgehead atoms. The van der Waals surface area contributed by atoms with Crippen molar-refractivity contribution in [2.45, 2.75) is 45.2 Å². The van der Waals surface area contributed by atoms with Crippen LogP contribution in [0.15, 0.2) is 77.7 Å². The quantitative estimate of drug-likeness (QED) is 0.165. The number of nitrogens with zero attached hydrogens (tertiary/aromatic N) is 1. The molecule has 0 heterocycles. The fourth-order valence-electron chi connectivity index (χ4n) is 4.13. The number of anilines is 1. The molecule has 0 radical (unpaired) electrons. The van der Waals surface area contributed by atoms with Crippen LogP contribution in [0.3, 0.4) is 0 Å². The van der Waals surface area contributed by atoms with Crippen LogP contribution in [0.2, 0.25) is 0 Å². The molecule has 0 fully saturated rings. The molecule has 0 aromatic heterocycles. The number of rotatable bonds is 9. The maximum Gasteiger partial charge on any atom is 0.414 e. The largest absolute Gasteiger partial charge is 0.414 e. The molecule has 0 aliphatic carbocycles.